The van der Waals surface area contributed by atoms with E-state index in [0.29, 0.717) is 23.0 Å². The lowest BCUT2D eigenvalue weighted by Crippen LogP contribution is -2.16. The zero-order valence-corrected chi connectivity index (χ0v) is 20.7. The highest BCUT2D eigenvalue weighted by atomic mass is 35.5. The van der Waals surface area contributed by atoms with Crippen molar-refractivity contribution < 1.29 is 19.1 Å². The highest BCUT2D eigenvalue weighted by Gasteiger charge is 2.18. The summed E-state index contributed by atoms with van der Waals surface area (Å²) in [5.74, 6) is 2.84. The Morgan fingerprint density at radius 2 is 1.84 bits per heavy atom. The lowest BCUT2D eigenvalue weighted by atomic mass is 10.1. The Hall–Kier alpha value is -3.01. The summed E-state index contributed by atoms with van der Waals surface area (Å²) >= 11 is 6.37. The van der Waals surface area contributed by atoms with Gasteiger partial charge in [0.15, 0.2) is 0 Å². The van der Waals surface area contributed by atoms with E-state index >= 15 is 0 Å². The second-order valence-electron chi connectivity index (χ2n) is 8.46. The maximum Gasteiger partial charge on any atom is 0.354 e. The van der Waals surface area contributed by atoms with Gasteiger partial charge in [-0.1, -0.05) is 43.2 Å². The van der Waals surface area contributed by atoms with Crippen LogP contribution in [0.4, 0.5) is 0 Å². The van der Waals surface area contributed by atoms with Gasteiger partial charge in [0, 0.05) is 29.9 Å². The van der Waals surface area contributed by atoms with E-state index in [9.17, 15) is 9.59 Å². The number of nitrogens with zero attached hydrogens (tertiary/aromatic N) is 1. The van der Waals surface area contributed by atoms with Crippen molar-refractivity contribution in [1.82, 2.24) is 4.57 Å². The molecule has 0 unspecified atom stereocenters. The van der Waals surface area contributed by atoms with Crippen molar-refractivity contribution in [2.75, 3.05) is 6.61 Å². The van der Waals surface area contributed by atoms with Crippen LogP contribution in [0, 0.1) is 11.5 Å². The number of benzene rings is 2. The summed E-state index contributed by atoms with van der Waals surface area (Å²) in [6.45, 7) is 10.4. The van der Waals surface area contributed by atoms with Gasteiger partial charge in [-0.15, -0.1) is 5.54 Å². The molecular weight excluding hydrogens is 442 g/mol. The number of hydrogen-bond acceptors (Lipinski definition) is 4. The van der Waals surface area contributed by atoms with Gasteiger partial charge in [0.25, 0.3) is 0 Å². The molecule has 0 N–H and O–H groups in total. The summed E-state index contributed by atoms with van der Waals surface area (Å²) in [7, 11) is -1.55. The molecule has 0 bridgehead atoms. The molecule has 166 valence electrons. The molecule has 3 aromatic rings. The van der Waals surface area contributed by atoms with Crippen LogP contribution < -0.4 is 4.74 Å². The van der Waals surface area contributed by atoms with Crippen LogP contribution in [0.3, 0.4) is 0 Å². The quantitative estimate of drug-likeness (QED) is 0.210. The molecule has 7 heteroatoms. The minimum absolute atomic E-state index is 0.274. The highest BCUT2D eigenvalue weighted by molar-refractivity contribution is 6.83. The van der Waals surface area contributed by atoms with Crippen molar-refractivity contribution >= 4 is 42.5 Å². The minimum atomic E-state index is -1.55. The summed E-state index contributed by atoms with van der Waals surface area (Å²) in [6, 6.07) is 12.8. The van der Waals surface area contributed by atoms with E-state index in [2.05, 4.69) is 31.1 Å². The van der Waals surface area contributed by atoms with Gasteiger partial charge in [-0.3, -0.25) is 4.79 Å². The molecule has 5 nitrogen and oxygen atoms in total. The molecule has 0 aliphatic heterocycles. The van der Waals surface area contributed by atoms with Gasteiger partial charge in [0.2, 0.25) is 0 Å². The van der Waals surface area contributed by atoms with Gasteiger partial charge >= 0.3 is 11.9 Å². The summed E-state index contributed by atoms with van der Waals surface area (Å²) < 4.78 is 12.3. The smallest absolute Gasteiger partial charge is 0.354 e. The van der Waals surface area contributed by atoms with Gasteiger partial charge in [0.1, 0.15) is 19.5 Å². The van der Waals surface area contributed by atoms with Gasteiger partial charge in [-0.05, 0) is 48.9 Å². The van der Waals surface area contributed by atoms with Gasteiger partial charge in [-0.25, -0.2) is 4.79 Å². The third-order valence-corrected chi connectivity index (χ3v) is 5.77. The van der Waals surface area contributed by atoms with Crippen LogP contribution in [0.2, 0.25) is 24.7 Å². The fourth-order valence-electron chi connectivity index (χ4n) is 3.23. The van der Waals surface area contributed by atoms with E-state index in [1.807, 2.05) is 28.8 Å². The standard InChI is InChI=1S/C25H26ClNO4Si/c1-6-30-25(29)24-15-20-14-21(31-17(2)28)8-10-23(20)27(24)16-18-7-9-22(26)19(13-18)11-12-32(3,4)5/h7-10,13-15H,6,16H2,1-5H3. The Morgan fingerprint density at radius 3 is 2.50 bits per heavy atom. The molecule has 0 saturated carbocycles. The van der Waals surface area contributed by atoms with Crippen LogP contribution in [0.25, 0.3) is 10.9 Å². The fourth-order valence-corrected chi connectivity index (χ4v) is 3.90. The lowest BCUT2D eigenvalue weighted by molar-refractivity contribution is -0.131. The van der Waals surface area contributed by atoms with Gasteiger partial charge in [-0.2, -0.15) is 0 Å². The number of carbonyl (C=O) groups excluding carboxylic acids is 2. The Bertz CT molecular complexity index is 1240. The van der Waals surface area contributed by atoms with E-state index in [-0.39, 0.29) is 6.61 Å². The van der Waals surface area contributed by atoms with Crippen molar-refractivity contribution in [3.63, 3.8) is 0 Å². The first kappa shape index (κ1) is 23.6. The zero-order chi connectivity index (χ0) is 23.5. The largest absolute Gasteiger partial charge is 0.461 e. The third kappa shape index (κ3) is 5.81. The lowest BCUT2D eigenvalue weighted by Gasteiger charge is -2.12. The third-order valence-electron chi connectivity index (χ3n) is 4.56. The first-order chi connectivity index (χ1) is 15.1. The van der Waals surface area contributed by atoms with E-state index in [1.54, 1.807) is 25.1 Å². The maximum absolute atomic E-state index is 12.7. The monoisotopic (exact) mass is 467 g/mol. The average molecular weight is 468 g/mol. The topological polar surface area (TPSA) is 57.5 Å². The van der Waals surface area contributed by atoms with Crippen LogP contribution in [-0.4, -0.2) is 31.2 Å². The molecule has 0 saturated heterocycles. The van der Waals surface area contributed by atoms with Gasteiger partial charge < -0.3 is 14.0 Å². The number of aromatic nitrogens is 1. The first-order valence-electron chi connectivity index (χ1n) is 10.4. The Labute approximate surface area is 194 Å². The van der Waals surface area contributed by atoms with Crippen LogP contribution in [0.1, 0.15) is 35.5 Å². The van der Waals surface area contributed by atoms with Crippen molar-refractivity contribution in [1.29, 1.82) is 0 Å². The van der Waals surface area contributed by atoms with Crippen molar-refractivity contribution in [3.05, 3.63) is 64.3 Å². The second-order valence-corrected chi connectivity index (χ2v) is 13.6. The minimum Gasteiger partial charge on any atom is -0.461 e. The molecule has 0 atom stereocenters. The van der Waals surface area contributed by atoms with Crippen molar-refractivity contribution in [2.45, 2.75) is 40.0 Å². The zero-order valence-electron chi connectivity index (χ0n) is 18.9. The summed E-state index contributed by atoms with van der Waals surface area (Å²) in [6.07, 6.45) is 0. The number of hydrogen-bond donors (Lipinski definition) is 0. The predicted molar refractivity (Wildman–Crippen MR) is 130 cm³/mol. The normalized spacial score (nSPS) is 11.1. The SMILES string of the molecule is CCOC(=O)c1cc2cc(OC(C)=O)ccc2n1Cc1ccc(Cl)c(C#C[Si](C)(C)C)c1. The maximum atomic E-state index is 12.7. The molecule has 0 radical (unpaired) electrons. The number of carbonyl (C=O) groups is 2. The van der Waals surface area contributed by atoms with E-state index < -0.39 is 20.0 Å². The van der Waals surface area contributed by atoms with Crippen LogP contribution >= 0.6 is 11.6 Å². The second kappa shape index (κ2) is 9.64. The van der Waals surface area contributed by atoms with Crippen LogP contribution in [-0.2, 0) is 16.1 Å². The molecule has 3 rings (SSSR count). The number of rotatable bonds is 5. The molecule has 0 aliphatic carbocycles. The molecule has 1 aromatic heterocycles. The summed E-state index contributed by atoms with van der Waals surface area (Å²) in [5.41, 5.74) is 6.33. The Kier molecular flexibility index (Phi) is 7.12. The van der Waals surface area contributed by atoms with E-state index in [0.717, 1.165) is 22.0 Å². The average Bonchev–Trinajstić information content (AvgIpc) is 3.05. The summed E-state index contributed by atoms with van der Waals surface area (Å²) in [4.78, 5) is 24.0. The molecule has 1 heterocycles. The number of esters is 2. The Balaban J connectivity index is 2.07. The molecular formula is C25H26ClNO4Si. The molecule has 0 aliphatic rings. The predicted octanol–water partition coefficient (Wildman–Crippen LogP) is 5.67. The first-order valence-corrected chi connectivity index (χ1v) is 14.3. The molecule has 2 aromatic carbocycles. The van der Waals surface area contributed by atoms with Crippen molar-refractivity contribution in [3.8, 4) is 17.2 Å². The summed E-state index contributed by atoms with van der Waals surface area (Å²) in [5, 5.41) is 1.38. The van der Waals surface area contributed by atoms with E-state index in [4.69, 9.17) is 21.1 Å². The fraction of sp³-hybridized carbons (Fsp3) is 0.280. The number of halogens is 1. The van der Waals surface area contributed by atoms with Crippen LogP contribution in [0.5, 0.6) is 5.75 Å². The Morgan fingerprint density at radius 1 is 1.09 bits per heavy atom. The van der Waals surface area contributed by atoms with Crippen molar-refractivity contribution in [2.24, 2.45) is 0 Å². The van der Waals surface area contributed by atoms with Crippen LogP contribution in [0.15, 0.2) is 42.5 Å². The molecule has 32 heavy (non-hydrogen) atoms. The van der Waals surface area contributed by atoms with E-state index in [1.165, 1.54) is 6.92 Å². The number of fused-ring (bicyclic) bond motifs is 1. The molecule has 0 amide bonds. The molecule has 0 fully saturated rings. The number of ether oxygens (including phenoxy) is 2. The highest BCUT2D eigenvalue weighted by Crippen LogP contribution is 2.27. The van der Waals surface area contributed by atoms with Gasteiger partial charge in [0.05, 0.1) is 11.6 Å². The molecule has 0 spiro atoms.